The summed E-state index contributed by atoms with van der Waals surface area (Å²) < 4.78 is 21.8. The third kappa shape index (κ3) is 12.0. The number of rotatable bonds is 7. The van der Waals surface area contributed by atoms with Crippen LogP contribution in [-0.4, -0.2) is 42.3 Å². The number of esters is 1. The minimum Gasteiger partial charge on any atom is -0.444 e. The number of amides is 1. The third-order valence-corrected chi connectivity index (χ3v) is 4.80. The molecule has 198 valence electrons. The molecule has 0 aromatic heterocycles. The molecule has 0 aliphatic rings. The van der Waals surface area contributed by atoms with Crippen molar-refractivity contribution in [1.29, 1.82) is 0 Å². The first-order valence-corrected chi connectivity index (χ1v) is 11.9. The Kier molecular flexibility index (Phi) is 10.2. The van der Waals surface area contributed by atoms with Crippen LogP contribution in [0.1, 0.15) is 79.0 Å². The standard InChI is InChI=1S/C27H43NO7/c1-17-12-13-19(14-18(17)2)15-20(16-28-23(30)34-26(6,7)8)21(32-22(29)25(3,4)5)33-24(31)35-27(9,10)11/h12-14,20-21H,15-16H2,1-11H3,(H,28,30). The summed E-state index contributed by atoms with van der Waals surface area (Å²) in [5.74, 6) is -1.16. The Hall–Kier alpha value is -2.77. The quantitative estimate of drug-likeness (QED) is 0.289. The summed E-state index contributed by atoms with van der Waals surface area (Å²) in [6.07, 6.45) is -2.53. The first-order chi connectivity index (χ1) is 15.8. The Balaban J connectivity index is 3.28. The predicted octanol–water partition coefficient (Wildman–Crippen LogP) is 5.85. The minimum absolute atomic E-state index is 0.0344. The topological polar surface area (TPSA) is 100 Å². The van der Waals surface area contributed by atoms with Gasteiger partial charge in [-0.2, -0.15) is 0 Å². The zero-order valence-corrected chi connectivity index (χ0v) is 23.2. The molecule has 0 saturated carbocycles. The highest BCUT2D eigenvalue weighted by Gasteiger charge is 2.35. The highest BCUT2D eigenvalue weighted by atomic mass is 16.8. The van der Waals surface area contributed by atoms with E-state index in [9.17, 15) is 14.4 Å². The van der Waals surface area contributed by atoms with Crippen molar-refractivity contribution in [3.63, 3.8) is 0 Å². The molecule has 0 bridgehead atoms. The van der Waals surface area contributed by atoms with Gasteiger partial charge in [-0.25, -0.2) is 9.59 Å². The Morgan fingerprint density at radius 1 is 0.829 bits per heavy atom. The summed E-state index contributed by atoms with van der Waals surface area (Å²) in [6, 6.07) is 5.97. The van der Waals surface area contributed by atoms with Crippen molar-refractivity contribution in [3.8, 4) is 0 Å². The molecule has 0 aliphatic heterocycles. The van der Waals surface area contributed by atoms with Gasteiger partial charge in [-0.1, -0.05) is 18.2 Å². The largest absolute Gasteiger partial charge is 0.511 e. The molecular formula is C27H43NO7. The molecule has 0 fully saturated rings. The highest BCUT2D eigenvalue weighted by Crippen LogP contribution is 2.24. The predicted molar refractivity (Wildman–Crippen MR) is 134 cm³/mol. The Bertz CT molecular complexity index is 888. The van der Waals surface area contributed by atoms with Crippen LogP contribution in [-0.2, 0) is 30.2 Å². The van der Waals surface area contributed by atoms with Gasteiger partial charge in [0, 0.05) is 6.54 Å². The van der Waals surface area contributed by atoms with E-state index in [1.165, 1.54) is 0 Å². The number of hydrogen-bond donors (Lipinski definition) is 1. The Labute approximate surface area is 210 Å². The number of carbonyl (C=O) groups is 3. The number of alkyl carbamates (subject to hydrolysis) is 1. The highest BCUT2D eigenvalue weighted by molar-refractivity contribution is 5.75. The van der Waals surface area contributed by atoms with Crippen molar-refractivity contribution in [1.82, 2.24) is 5.32 Å². The van der Waals surface area contributed by atoms with Crippen LogP contribution in [0.15, 0.2) is 18.2 Å². The molecule has 1 aromatic rings. The number of benzene rings is 1. The molecule has 35 heavy (non-hydrogen) atoms. The molecule has 0 saturated heterocycles. The second-order valence-corrected chi connectivity index (χ2v) is 11.9. The molecule has 8 nitrogen and oxygen atoms in total. The van der Waals surface area contributed by atoms with E-state index in [0.717, 1.165) is 16.7 Å². The maximum atomic E-state index is 12.8. The van der Waals surface area contributed by atoms with Crippen molar-refractivity contribution < 1.29 is 33.3 Å². The van der Waals surface area contributed by atoms with Gasteiger partial charge in [0.25, 0.3) is 6.29 Å². The van der Waals surface area contributed by atoms with E-state index in [0.29, 0.717) is 6.42 Å². The summed E-state index contributed by atoms with van der Waals surface area (Å²) in [7, 11) is 0. The molecule has 1 N–H and O–H groups in total. The van der Waals surface area contributed by atoms with E-state index >= 15 is 0 Å². The average molecular weight is 494 g/mol. The molecule has 0 radical (unpaired) electrons. The normalized spacial score (nSPS) is 13.9. The van der Waals surface area contributed by atoms with Gasteiger partial charge in [-0.3, -0.25) is 4.79 Å². The van der Waals surface area contributed by atoms with Gasteiger partial charge in [-0.15, -0.1) is 0 Å². The van der Waals surface area contributed by atoms with Crippen LogP contribution < -0.4 is 5.32 Å². The van der Waals surface area contributed by atoms with Crippen LogP contribution in [0, 0.1) is 25.2 Å². The van der Waals surface area contributed by atoms with Crippen LogP contribution in [0.3, 0.4) is 0 Å². The summed E-state index contributed by atoms with van der Waals surface area (Å²) in [5, 5.41) is 2.71. The Morgan fingerprint density at radius 2 is 1.40 bits per heavy atom. The lowest BCUT2D eigenvalue weighted by molar-refractivity contribution is -0.192. The SMILES string of the molecule is Cc1ccc(CC(CNC(=O)OC(C)(C)C)C(OC(=O)OC(C)(C)C)OC(=O)C(C)(C)C)cc1C. The summed E-state index contributed by atoms with van der Waals surface area (Å²) in [5.41, 5.74) is 0.857. The molecule has 0 heterocycles. The number of aryl methyl sites for hydroxylation is 2. The summed E-state index contributed by atoms with van der Waals surface area (Å²) in [4.78, 5) is 37.6. The number of ether oxygens (including phenoxy) is 4. The zero-order chi connectivity index (χ0) is 27.2. The van der Waals surface area contributed by atoms with E-state index < -0.39 is 47.0 Å². The maximum Gasteiger partial charge on any atom is 0.511 e. The fourth-order valence-corrected chi connectivity index (χ4v) is 2.89. The number of hydrogen-bond acceptors (Lipinski definition) is 7. The van der Waals surface area contributed by atoms with Crippen molar-refractivity contribution in [2.75, 3.05) is 6.54 Å². The second kappa shape index (κ2) is 11.8. The van der Waals surface area contributed by atoms with E-state index in [4.69, 9.17) is 18.9 Å². The van der Waals surface area contributed by atoms with Gasteiger partial charge in [0.1, 0.15) is 11.2 Å². The summed E-state index contributed by atoms with van der Waals surface area (Å²) >= 11 is 0. The van der Waals surface area contributed by atoms with E-state index in [-0.39, 0.29) is 6.54 Å². The van der Waals surface area contributed by atoms with Gasteiger partial charge in [0.15, 0.2) is 0 Å². The van der Waals surface area contributed by atoms with Gasteiger partial charge < -0.3 is 24.3 Å². The van der Waals surface area contributed by atoms with Crippen LogP contribution in [0.2, 0.25) is 0 Å². The lowest BCUT2D eigenvalue weighted by atomic mass is 9.95. The van der Waals surface area contributed by atoms with E-state index in [1.807, 2.05) is 32.0 Å². The average Bonchev–Trinajstić information content (AvgIpc) is 2.63. The Morgan fingerprint density at radius 3 is 1.89 bits per heavy atom. The van der Waals surface area contributed by atoms with Crippen LogP contribution in [0.25, 0.3) is 0 Å². The smallest absolute Gasteiger partial charge is 0.444 e. The molecule has 8 heteroatoms. The fourth-order valence-electron chi connectivity index (χ4n) is 2.89. The molecular weight excluding hydrogens is 450 g/mol. The molecule has 1 aromatic carbocycles. The lowest BCUT2D eigenvalue weighted by Crippen LogP contribution is -2.44. The maximum absolute atomic E-state index is 12.8. The van der Waals surface area contributed by atoms with Crippen molar-refractivity contribution in [3.05, 3.63) is 34.9 Å². The van der Waals surface area contributed by atoms with Crippen LogP contribution >= 0.6 is 0 Å². The number of nitrogens with one attached hydrogen (secondary N) is 1. The second-order valence-electron chi connectivity index (χ2n) is 11.9. The van der Waals surface area contributed by atoms with Gasteiger partial charge in [0.05, 0.1) is 11.3 Å². The molecule has 2 atom stereocenters. The lowest BCUT2D eigenvalue weighted by Gasteiger charge is -2.30. The van der Waals surface area contributed by atoms with Gasteiger partial charge in [-0.05, 0) is 99.3 Å². The van der Waals surface area contributed by atoms with Gasteiger partial charge >= 0.3 is 18.2 Å². The first kappa shape index (κ1) is 30.3. The van der Waals surface area contributed by atoms with Crippen molar-refractivity contribution in [2.24, 2.45) is 11.3 Å². The zero-order valence-electron chi connectivity index (χ0n) is 23.2. The molecule has 0 aliphatic carbocycles. The fraction of sp³-hybridized carbons (Fsp3) is 0.667. The van der Waals surface area contributed by atoms with Crippen molar-refractivity contribution >= 4 is 18.2 Å². The minimum atomic E-state index is -1.30. The number of carbonyl (C=O) groups excluding carboxylic acids is 3. The third-order valence-electron chi connectivity index (χ3n) is 4.80. The first-order valence-electron chi connectivity index (χ1n) is 11.9. The van der Waals surface area contributed by atoms with Crippen molar-refractivity contribution in [2.45, 2.75) is 100 Å². The van der Waals surface area contributed by atoms with Crippen LogP contribution in [0.5, 0.6) is 0 Å². The van der Waals surface area contributed by atoms with Gasteiger partial charge in [0.2, 0.25) is 0 Å². The van der Waals surface area contributed by atoms with E-state index in [2.05, 4.69) is 5.32 Å². The molecule has 1 rings (SSSR count). The molecule has 0 spiro atoms. The summed E-state index contributed by atoms with van der Waals surface area (Å²) in [6.45, 7) is 19.6. The van der Waals surface area contributed by atoms with E-state index in [1.54, 1.807) is 62.3 Å². The molecule has 2 unspecified atom stereocenters. The van der Waals surface area contributed by atoms with Crippen LogP contribution in [0.4, 0.5) is 9.59 Å². The monoisotopic (exact) mass is 493 g/mol. The molecule has 1 amide bonds.